The minimum Gasteiger partial charge on any atom is -0.495 e. The number of methoxy groups -OCH3 is 1. The Balaban J connectivity index is 1.27. The molecule has 0 aliphatic rings. The monoisotopic (exact) mass is 602 g/mol. The number of anilines is 2. The molecule has 0 aliphatic carbocycles. The van der Waals surface area contributed by atoms with Crippen LogP contribution in [0.3, 0.4) is 0 Å². The van der Waals surface area contributed by atoms with Gasteiger partial charge in [0.05, 0.1) is 40.1 Å². The zero-order valence-corrected chi connectivity index (χ0v) is 25.0. The fourth-order valence-electron chi connectivity index (χ4n) is 4.45. The zero-order valence-electron chi connectivity index (χ0n) is 24.2. The van der Waals surface area contributed by atoms with Crippen molar-refractivity contribution < 1.29 is 23.5 Å². The second-order valence-corrected chi connectivity index (χ2v) is 11.0. The third-order valence-electron chi connectivity index (χ3n) is 6.42. The molecule has 2 aromatic carbocycles. The van der Waals surface area contributed by atoms with Crippen LogP contribution in [-0.2, 0) is 22.7 Å². The third kappa shape index (κ3) is 6.99. The molecular formula is C31H31FN6O4S. The van der Waals surface area contributed by atoms with Gasteiger partial charge in [0.15, 0.2) is 11.6 Å². The lowest BCUT2D eigenvalue weighted by Gasteiger charge is -2.11. The summed E-state index contributed by atoms with van der Waals surface area (Å²) >= 11 is 1.47. The molecule has 3 heterocycles. The van der Waals surface area contributed by atoms with Crippen LogP contribution in [0.4, 0.5) is 15.8 Å². The van der Waals surface area contributed by atoms with Crippen LogP contribution in [0.5, 0.6) is 17.2 Å². The molecular weight excluding hydrogens is 571 g/mol. The van der Waals surface area contributed by atoms with Crippen molar-refractivity contribution in [3.63, 3.8) is 0 Å². The number of amides is 2. The Labute approximate surface area is 252 Å². The Morgan fingerprint density at radius 2 is 1.81 bits per heavy atom. The largest absolute Gasteiger partial charge is 0.495 e. The van der Waals surface area contributed by atoms with Crippen molar-refractivity contribution in [1.29, 1.82) is 0 Å². The van der Waals surface area contributed by atoms with Gasteiger partial charge in [-0.1, -0.05) is 12.1 Å². The molecule has 12 heteroatoms. The van der Waals surface area contributed by atoms with Gasteiger partial charge in [-0.3, -0.25) is 14.6 Å². The predicted molar refractivity (Wildman–Crippen MR) is 165 cm³/mol. The summed E-state index contributed by atoms with van der Waals surface area (Å²) in [6, 6.07) is 14.6. The lowest BCUT2D eigenvalue weighted by atomic mass is 10.2. The third-order valence-corrected chi connectivity index (χ3v) is 7.58. The van der Waals surface area contributed by atoms with Crippen molar-refractivity contribution in [1.82, 2.24) is 19.4 Å². The molecule has 222 valence electrons. The van der Waals surface area contributed by atoms with Crippen LogP contribution in [0.2, 0.25) is 0 Å². The Morgan fingerprint density at radius 3 is 2.56 bits per heavy atom. The normalized spacial score (nSPS) is 11.1. The molecule has 0 spiro atoms. The first kappa shape index (κ1) is 29.7. The highest BCUT2D eigenvalue weighted by atomic mass is 32.1. The number of nitrogens with zero attached hydrogens (tertiary/aromatic N) is 4. The molecule has 0 bridgehead atoms. The fraction of sp³-hybridized carbons (Fsp3) is 0.226. The fourth-order valence-corrected chi connectivity index (χ4v) is 5.47. The predicted octanol–water partition coefficient (Wildman–Crippen LogP) is 6.15. The van der Waals surface area contributed by atoms with Crippen LogP contribution in [0.25, 0.3) is 20.8 Å². The first-order valence-electron chi connectivity index (χ1n) is 13.5. The number of aromatic nitrogens is 3. The number of imidazole rings is 1. The van der Waals surface area contributed by atoms with Gasteiger partial charge in [-0.05, 0) is 51.4 Å². The van der Waals surface area contributed by atoms with Crippen LogP contribution in [0.15, 0.2) is 67.0 Å². The van der Waals surface area contributed by atoms with E-state index >= 15 is 4.39 Å². The van der Waals surface area contributed by atoms with Crippen molar-refractivity contribution in [2.75, 3.05) is 31.8 Å². The number of benzene rings is 2. The van der Waals surface area contributed by atoms with E-state index in [1.54, 1.807) is 36.5 Å². The van der Waals surface area contributed by atoms with Gasteiger partial charge in [-0.25, -0.2) is 9.37 Å². The average Bonchev–Trinajstić information content (AvgIpc) is 3.59. The molecule has 0 radical (unpaired) electrons. The quantitative estimate of drug-likeness (QED) is 0.175. The van der Waals surface area contributed by atoms with Crippen molar-refractivity contribution in [2.24, 2.45) is 0 Å². The molecule has 3 aromatic heterocycles. The summed E-state index contributed by atoms with van der Waals surface area (Å²) < 4.78 is 29.1. The van der Waals surface area contributed by atoms with Crippen molar-refractivity contribution in [3.05, 3.63) is 78.6 Å². The van der Waals surface area contributed by atoms with Crippen LogP contribution in [0, 0.1) is 5.82 Å². The Hall–Kier alpha value is -4.81. The lowest BCUT2D eigenvalue weighted by molar-refractivity contribution is -0.123. The van der Waals surface area contributed by atoms with Gasteiger partial charge in [0.25, 0.3) is 0 Å². The number of aryl methyl sites for hydroxylation is 1. The second-order valence-electron chi connectivity index (χ2n) is 9.92. The number of hydrogen-bond donors (Lipinski definition) is 2. The summed E-state index contributed by atoms with van der Waals surface area (Å²) in [7, 11) is 5.49. The van der Waals surface area contributed by atoms with E-state index in [1.165, 1.54) is 30.6 Å². The van der Waals surface area contributed by atoms with Gasteiger partial charge >= 0.3 is 0 Å². The highest BCUT2D eigenvalue weighted by Crippen LogP contribution is 2.39. The van der Waals surface area contributed by atoms with Gasteiger partial charge in [0.2, 0.25) is 11.8 Å². The first-order chi connectivity index (χ1) is 20.7. The molecule has 2 N–H and O–H groups in total. The number of rotatable bonds is 11. The molecule has 5 aromatic rings. The number of ether oxygens (including phenoxy) is 2. The maximum atomic E-state index is 15.1. The maximum Gasteiger partial charge on any atom is 0.233 e. The average molecular weight is 603 g/mol. The number of nitrogens with one attached hydrogen (secondary N) is 2. The molecule has 0 saturated carbocycles. The van der Waals surface area contributed by atoms with Gasteiger partial charge in [0.1, 0.15) is 23.7 Å². The van der Waals surface area contributed by atoms with E-state index < -0.39 is 24.1 Å². The van der Waals surface area contributed by atoms with E-state index in [2.05, 4.69) is 32.0 Å². The van der Waals surface area contributed by atoms with E-state index in [0.29, 0.717) is 22.7 Å². The maximum absolute atomic E-state index is 15.1. The number of hydrogen-bond acceptors (Lipinski definition) is 8. The summed E-state index contributed by atoms with van der Waals surface area (Å²) in [6.45, 7) is 3.60. The molecule has 0 unspecified atom stereocenters. The molecule has 0 saturated heterocycles. The van der Waals surface area contributed by atoms with Crippen molar-refractivity contribution in [2.45, 2.75) is 26.4 Å². The van der Waals surface area contributed by atoms with Gasteiger partial charge in [0, 0.05) is 36.8 Å². The van der Waals surface area contributed by atoms with Crippen LogP contribution in [0.1, 0.15) is 19.2 Å². The minimum atomic E-state index is -0.673. The van der Waals surface area contributed by atoms with Gasteiger partial charge < -0.3 is 29.6 Å². The molecule has 0 atom stereocenters. The van der Waals surface area contributed by atoms with E-state index in [1.807, 2.05) is 26.4 Å². The summed E-state index contributed by atoms with van der Waals surface area (Å²) in [6.07, 6.45) is 3.18. The number of pyridine rings is 1. The SMILES string of the molecule is CCn1cc(-c2cc3nccc(Oc4ccc(NC(=O)CC(=O)Nc5ccccc5OC)cc4F)c3s2)nc1CN(C)C. The first-order valence-corrected chi connectivity index (χ1v) is 14.4. The highest BCUT2D eigenvalue weighted by molar-refractivity contribution is 7.22. The van der Waals surface area contributed by atoms with E-state index in [9.17, 15) is 9.59 Å². The van der Waals surface area contributed by atoms with E-state index in [4.69, 9.17) is 14.5 Å². The van der Waals surface area contributed by atoms with Crippen LogP contribution < -0.4 is 20.1 Å². The van der Waals surface area contributed by atoms with Gasteiger partial charge in [-0.2, -0.15) is 0 Å². The summed E-state index contributed by atoms with van der Waals surface area (Å²) in [4.78, 5) is 37.1. The van der Waals surface area contributed by atoms with Crippen LogP contribution in [-0.4, -0.2) is 52.5 Å². The number of halogens is 1. The van der Waals surface area contributed by atoms with E-state index in [-0.39, 0.29) is 11.4 Å². The molecule has 0 aliphatic heterocycles. The summed E-state index contributed by atoms with van der Waals surface area (Å²) in [5, 5.41) is 5.18. The minimum absolute atomic E-state index is 0.0158. The van der Waals surface area contributed by atoms with Crippen molar-refractivity contribution in [3.8, 4) is 27.8 Å². The Bertz CT molecular complexity index is 1780. The highest BCUT2D eigenvalue weighted by Gasteiger charge is 2.17. The molecule has 5 rings (SSSR count). The Morgan fingerprint density at radius 1 is 1.02 bits per heavy atom. The summed E-state index contributed by atoms with van der Waals surface area (Å²) in [5.41, 5.74) is 2.20. The van der Waals surface area contributed by atoms with E-state index in [0.717, 1.165) is 40.3 Å². The summed E-state index contributed by atoms with van der Waals surface area (Å²) in [5.74, 6) is 0.0760. The second kappa shape index (κ2) is 13.0. The van der Waals surface area contributed by atoms with Gasteiger partial charge in [-0.15, -0.1) is 11.3 Å². The number of para-hydroxylation sites is 2. The number of fused-ring (bicyclic) bond motifs is 1. The molecule has 43 heavy (non-hydrogen) atoms. The van der Waals surface area contributed by atoms with Crippen LogP contribution >= 0.6 is 11.3 Å². The number of carbonyl (C=O) groups is 2. The Kier molecular flexibility index (Phi) is 8.98. The number of carbonyl (C=O) groups excluding carboxylic acids is 2. The smallest absolute Gasteiger partial charge is 0.233 e. The standard InChI is InChI=1S/C31H31FN6O4S/c1-5-38-17-23(35-28(38)18-37(2)3)27-15-22-31(43-27)26(12-13-33-22)42-24-11-10-19(14-20(24)32)34-29(39)16-30(40)36-21-8-6-7-9-25(21)41-4/h6-15,17H,5,16,18H2,1-4H3,(H,34,39)(H,36,40). The van der Waals surface area contributed by atoms with Crippen molar-refractivity contribution >= 4 is 44.7 Å². The molecule has 2 amide bonds. The zero-order chi connectivity index (χ0) is 30.5. The number of thiophene rings is 1. The topological polar surface area (TPSA) is 111 Å². The lowest BCUT2D eigenvalue weighted by Crippen LogP contribution is -2.21. The molecule has 0 fully saturated rings. The molecule has 10 nitrogen and oxygen atoms in total.